The maximum absolute atomic E-state index is 14.2. The summed E-state index contributed by atoms with van der Waals surface area (Å²) in [5.41, 5.74) is 6.82. The largest absolute Gasteiger partial charge is 0.478 e. The second-order valence-electron chi connectivity index (χ2n) is 9.54. The fourth-order valence-corrected chi connectivity index (χ4v) is 5.40. The highest BCUT2D eigenvalue weighted by Crippen LogP contribution is 2.32. The number of hydrogen-bond donors (Lipinski definition) is 3. The van der Waals surface area contributed by atoms with Gasteiger partial charge in [0.25, 0.3) is 0 Å². The second kappa shape index (κ2) is 10.1. The number of carbonyl (C=O) groups excluding carboxylic acids is 2. The first-order valence-corrected chi connectivity index (χ1v) is 12.4. The highest BCUT2D eigenvalue weighted by molar-refractivity contribution is 7.14. The van der Waals surface area contributed by atoms with Gasteiger partial charge in [-0.25, -0.2) is 14.0 Å². The van der Waals surface area contributed by atoms with Crippen LogP contribution in [0, 0.1) is 16.6 Å². The van der Waals surface area contributed by atoms with Crippen molar-refractivity contribution in [3.63, 3.8) is 0 Å². The van der Waals surface area contributed by atoms with Gasteiger partial charge in [0.2, 0.25) is 5.91 Å². The molecule has 0 unspecified atom stereocenters. The van der Waals surface area contributed by atoms with Crippen molar-refractivity contribution >= 4 is 35.0 Å². The summed E-state index contributed by atoms with van der Waals surface area (Å²) in [7, 11) is 0. The van der Waals surface area contributed by atoms with E-state index in [-0.39, 0.29) is 33.5 Å². The standard InChI is InChI=1S/C27H26FN3O5S/c1-27(2,26(35)31-10-9-15-3-4-17(24(32)33)11-18(15)14-31)13-19-6-8-22(37-19)25(34)36-21-7-5-16(23(29)30)12-20(21)28/h3-8,11-12H,9-10,13-14H2,1-2H3,(H3,29,30)(H,32,33). The lowest BCUT2D eigenvalue weighted by atomic mass is 9.85. The van der Waals surface area contributed by atoms with E-state index in [0.29, 0.717) is 25.9 Å². The van der Waals surface area contributed by atoms with Crippen LogP contribution in [0.2, 0.25) is 0 Å². The molecule has 2 heterocycles. The Kier molecular flexibility index (Phi) is 7.13. The number of benzene rings is 2. The van der Waals surface area contributed by atoms with Gasteiger partial charge in [-0.2, -0.15) is 0 Å². The smallest absolute Gasteiger partial charge is 0.353 e. The van der Waals surface area contributed by atoms with Gasteiger partial charge in [0.05, 0.1) is 5.56 Å². The van der Waals surface area contributed by atoms with Gasteiger partial charge >= 0.3 is 11.9 Å². The number of hydrogen-bond acceptors (Lipinski definition) is 6. The van der Waals surface area contributed by atoms with Crippen molar-refractivity contribution in [3.05, 3.63) is 86.4 Å². The highest BCUT2D eigenvalue weighted by atomic mass is 32.1. The average molecular weight is 524 g/mol. The number of nitrogens with two attached hydrogens (primary N) is 1. The number of fused-ring (bicyclic) bond motifs is 1. The van der Waals surface area contributed by atoms with Gasteiger partial charge in [0.1, 0.15) is 10.7 Å². The van der Waals surface area contributed by atoms with Crippen molar-refractivity contribution in [1.82, 2.24) is 4.90 Å². The summed E-state index contributed by atoms with van der Waals surface area (Å²) < 4.78 is 19.4. The molecule has 0 radical (unpaired) electrons. The van der Waals surface area contributed by atoms with Crippen LogP contribution in [0.1, 0.15) is 55.4 Å². The van der Waals surface area contributed by atoms with E-state index in [4.69, 9.17) is 15.9 Å². The molecule has 8 nitrogen and oxygen atoms in total. The molecule has 4 rings (SSSR count). The van der Waals surface area contributed by atoms with Crippen LogP contribution >= 0.6 is 11.3 Å². The molecule has 37 heavy (non-hydrogen) atoms. The van der Waals surface area contributed by atoms with E-state index < -0.39 is 23.2 Å². The first-order valence-electron chi connectivity index (χ1n) is 11.5. The summed E-state index contributed by atoms with van der Waals surface area (Å²) in [6.07, 6.45) is 1.03. The molecule has 0 fully saturated rings. The van der Waals surface area contributed by atoms with E-state index in [1.807, 2.05) is 19.9 Å². The van der Waals surface area contributed by atoms with E-state index in [2.05, 4.69) is 0 Å². The molecular weight excluding hydrogens is 497 g/mol. The van der Waals surface area contributed by atoms with Crippen LogP contribution in [-0.2, 0) is 24.2 Å². The number of esters is 1. The topological polar surface area (TPSA) is 134 Å². The summed E-state index contributed by atoms with van der Waals surface area (Å²) in [6, 6.07) is 12.0. The monoisotopic (exact) mass is 523 g/mol. The third kappa shape index (κ3) is 5.69. The number of ether oxygens (including phenoxy) is 1. The van der Waals surface area contributed by atoms with Gasteiger partial charge in [-0.15, -0.1) is 11.3 Å². The third-order valence-corrected chi connectivity index (χ3v) is 7.32. The van der Waals surface area contributed by atoms with Crippen LogP contribution in [0.15, 0.2) is 48.5 Å². The fraction of sp³-hybridized carbons (Fsp3) is 0.259. The summed E-state index contributed by atoms with van der Waals surface area (Å²) in [5, 5.41) is 16.6. The summed E-state index contributed by atoms with van der Waals surface area (Å²) in [5.74, 6) is -3.16. The predicted octanol–water partition coefficient (Wildman–Crippen LogP) is 4.24. The van der Waals surface area contributed by atoms with E-state index in [1.54, 1.807) is 29.2 Å². The zero-order valence-electron chi connectivity index (χ0n) is 20.3. The highest BCUT2D eigenvalue weighted by Gasteiger charge is 2.34. The van der Waals surface area contributed by atoms with E-state index >= 15 is 0 Å². The number of amides is 1. The van der Waals surface area contributed by atoms with E-state index in [1.165, 1.54) is 23.5 Å². The van der Waals surface area contributed by atoms with Gasteiger partial charge < -0.3 is 20.5 Å². The molecule has 4 N–H and O–H groups in total. The van der Waals surface area contributed by atoms with E-state index in [9.17, 15) is 23.9 Å². The van der Waals surface area contributed by atoms with Crippen LogP contribution < -0.4 is 10.5 Å². The predicted molar refractivity (Wildman–Crippen MR) is 137 cm³/mol. The number of thiophene rings is 1. The number of nitrogens with zero attached hydrogens (tertiary/aromatic N) is 1. The molecule has 1 aliphatic rings. The van der Waals surface area contributed by atoms with Crippen LogP contribution in [0.25, 0.3) is 0 Å². The molecule has 0 saturated carbocycles. The van der Waals surface area contributed by atoms with Gasteiger partial charge in [-0.3, -0.25) is 10.2 Å². The summed E-state index contributed by atoms with van der Waals surface area (Å²) in [6.45, 7) is 4.55. The molecule has 10 heteroatoms. The number of halogens is 1. The Morgan fingerprint density at radius 2 is 1.84 bits per heavy atom. The fourth-order valence-electron chi connectivity index (χ4n) is 4.29. The van der Waals surface area contributed by atoms with Gasteiger partial charge in [0.15, 0.2) is 11.6 Å². The van der Waals surface area contributed by atoms with Crippen molar-refractivity contribution in [2.45, 2.75) is 33.2 Å². The Balaban J connectivity index is 1.42. The summed E-state index contributed by atoms with van der Waals surface area (Å²) in [4.78, 5) is 40.1. The molecule has 0 bridgehead atoms. The van der Waals surface area contributed by atoms with Crippen molar-refractivity contribution in [3.8, 4) is 5.75 Å². The van der Waals surface area contributed by atoms with Gasteiger partial charge in [0, 0.05) is 28.9 Å². The van der Waals surface area contributed by atoms with Crippen molar-refractivity contribution in [2.75, 3.05) is 6.54 Å². The van der Waals surface area contributed by atoms with Crippen LogP contribution in [0.5, 0.6) is 5.75 Å². The summed E-state index contributed by atoms with van der Waals surface area (Å²) >= 11 is 1.17. The minimum atomic E-state index is -1.01. The van der Waals surface area contributed by atoms with Gasteiger partial charge in [-0.1, -0.05) is 19.9 Å². The molecule has 3 aromatic rings. The molecule has 2 aromatic carbocycles. The molecule has 0 aliphatic carbocycles. The number of carboxylic acids is 1. The number of nitrogen functional groups attached to an aromatic ring is 1. The van der Waals surface area contributed by atoms with Crippen LogP contribution in [-0.4, -0.2) is 40.2 Å². The zero-order chi connectivity index (χ0) is 26.9. The number of carbonyl (C=O) groups is 3. The minimum Gasteiger partial charge on any atom is -0.478 e. The lowest BCUT2D eigenvalue weighted by molar-refractivity contribution is -0.141. The second-order valence-corrected chi connectivity index (χ2v) is 10.7. The molecule has 1 aliphatic heterocycles. The zero-order valence-corrected chi connectivity index (χ0v) is 21.2. The molecule has 0 spiro atoms. The van der Waals surface area contributed by atoms with Crippen molar-refractivity contribution in [1.29, 1.82) is 5.41 Å². The number of aromatic carboxylic acids is 1. The molecule has 1 aromatic heterocycles. The SMILES string of the molecule is CC(C)(Cc1ccc(C(=O)Oc2ccc(C(=N)N)cc2F)s1)C(=O)N1CCc2ccc(C(=O)O)cc2C1. The first-order chi connectivity index (χ1) is 17.4. The normalized spacial score (nSPS) is 13.1. The Morgan fingerprint density at radius 3 is 2.51 bits per heavy atom. The Labute approximate surface area is 217 Å². The first kappa shape index (κ1) is 26.0. The van der Waals surface area contributed by atoms with Crippen LogP contribution in [0.4, 0.5) is 4.39 Å². The third-order valence-electron chi connectivity index (χ3n) is 6.26. The lowest BCUT2D eigenvalue weighted by Gasteiger charge is -2.35. The van der Waals surface area contributed by atoms with E-state index in [0.717, 1.165) is 22.1 Å². The number of carboxylic acid groups (broad SMARTS) is 1. The Bertz CT molecular complexity index is 1410. The maximum atomic E-state index is 14.2. The van der Waals surface area contributed by atoms with Gasteiger partial charge in [-0.05, 0) is 66.4 Å². The molecule has 192 valence electrons. The average Bonchev–Trinajstić information content (AvgIpc) is 3.31. The quantitative estimate of drug-likeness (QED) is 0.184. The molecule has 0 atom stereocenters. The van der Waals surface area contributed by atoms with Crippen molar-refractivity contribution in [2.24, 2.45) is 11.1 Å². The van der Waals surface area contributed by atoms with Crippen LogP contribution in [0.3, 0.4) is 0 Å². The number of rotatable bonds is 7. The minimum absolute atomic E-state index is 0.0657. The maximum Gasteiger partial charge on any atom is 0.353 e. The molecule has 1 amide bonds. The lowest BCUT2D eigenvalue weighted by Crippen LogP contribution is -2.44. The number of nitrogens with one attached hydrogen (secondary N) is 1. The number of amidine groups is 1. The molecule has 0 saturated heterocycles. The Hall–Kier alpha value is -4.05. The Morgan fingerprint density at radius 1 is 1.11 bits per heavy atom. The van der Waals surface area contributed by atoms with Crippen molar-refractivity contribution < 1.29 is 28.6 Å². The molecular formula is C27H26FN3O5S.